The summed E-state index contributed by atoms with van der Waals surface area (Å²) in [4.78, 5) is 14.1. The first-order valence-corrected chi connectivity index (χ1v) is 17.4. The number of aromatic nitrogens is 1. The van der Waals surface area contributed by atoms with Crippen molar-refractivity contribution in [3.8, 4) is 0 Å². The largest absolute Gasteiger partial charge is 0.743 e. The third-order valence-electron chi connectivity index (χ3n) is 5.97. The van der Waals surface area contributed by atoms with Crippen LogP contribution in [0.25, 0.3) is 15.6 Å². The lowest BCUT2D eigenvalue weighted by Gasteiger charge is -2.36. The lowest BCUT2D eigenvalue weighted by atomic mass is 10.2. The number of thiazole rings is 1. The lowest BCUT2D eigenvalue weighted by Crippen LogP contribution is -2.53. The van der Waals surface area contributed by atoms with E-state index in [4.69, 9.17) is 11.6 Å². The maximum absolute atomic E-state index is 12.5. The molecule has 36 heavy (non-hydrogen) atoms. The molecule has 1 fully saturated rings. The summed E-state index contributed by atoms with van der Waals surface area (Å²) in [5.74, 6) is -0.703. The molecule has 9 nitrogen and oxygen atoms in total. The third-order valence-corrected chi connectivity index (χ3v) is 12.2. The Kier molecular flexibility index (Phi) is 6.87. The first-order valence-electron chi connectivity index (χ1n) is 10.4. The number of thiophene rings is 1. The summed E-state index contributed by atoms with van der Waals surface area (Å²) in [6.07, 6.45) is 3.48. The number of rotatable bonds is 5. The van der Waals surface area contributed by atoms with Crippen LogP contribution in [0.4, 0.5) is 5.69 Å². The van der Waals surface area contributed by atoms with Gasteiger partial charge in [0, 0.05) is 23.9 Å². The van der Waals surface area contributed by atoms with Gasteiger partial charge in [-0.25, -0.2) is 26.0 Å². The highest BCUT2D eigenvalue weighted by atomic mass is 79.9. The lowest BCUT2D eigenvalue weighted by molar-refractivity contribution is -0.653. The van der Waals surface area contributed by atoms with E-state index in [0.717, 1.165) is 24.5 Å². The van der Waals surface area contributed by atoms with Crippen LogP contribution in [-0.4, -0.2) is 45.5 Å². The summed E-state index contributed by atoms with van der Waals surface area (Å²) in [7, 11) is -8.40. The van der Waals surface area contributed by atoms with Crippen LogP contribution in [0, 0.1) is 0 Å². The molecule has 1 N–H and O–H groups in total. The van der Waals surface area contributed by atoms with Crippen LogP contribution >= 0.6 is 62.0 Å². The van der Waals surface area contributed by atoms with E-state index in [2.05, 4.69) is 15.9 Å². The average molecular weight is 672 g/mol. The molecule has 192 valence electrons. The second kappa shape index (κ2) is 9.31. The summed E-state index contributed by atoms with van der Waals surface area (Å²) >= 11 is 13.9. The van der Waals surface area contributed by atoms with Gasteiger partial charge >= 0.3 is 0 Å². The molecule has 0 aliphatic carbocycles. The number of nitrogens with one attached hydrogen (secondary N) is 1. The summed E-state index contributed by atoms with van der Waals surface area (Å²) in [5, 5.41) is 0.504. The maximum Gasteiger partial charge on any atom is 0.299 e. The Balaban J connectivity index is 1.69. The van der Waals surface area contributed by atoms with E-state index in [-0.39, 0.29) is 17.4 Å². The van der Waals surface area contributed by atoms with E-state index in [1.807, 2.05) is 16.9 Å². The molecule has 1 saturated heterocycles. The van der Waals surface area contributed by atoms with E-state index < -0.39 is 31.4 Å². The van der Waals surface area contributed by atoms with Gasteiger partial charge in [-0.1, -0.05) is 34.3 Å². The van der Waals surface area contributed by atoms with Gasteiger partial charge in [0.15, 0.2) is 26.2 Å². The molecule has 0 bridgehead atoms. The molecular weight excluding hydrogens is 654 g/mol. The van der Waals surface area contributed by atoms with Crippen molar-refractivity contribution in [2.45, 2.75) is 29.7 Å². The Morgan fingerprint density at radius 1 is 1.31 bits per heavy atom. The van der Waals surface area contributed by atoms with Gasteiger partial charge in [-0.3, -0.25) is 4.79 Å². The van der Waals surface area contributed by atoms with Crippen LogP contribution in [0.1, 0.15) is 17.8 Å². The fourth-order valence-electron chi connectivity index (χ4n) is 4.73. The Bertz CT molecular complexity index is 1670. The number of benzene rings is 1. The second-order valence-corrected chi connectivity index (χ2v) is 16.7. The summed E-state index contributed by atoms with van der Waals surface area (Å²) in [5.41, 5.74) is 0.670. The van der Waals surface area contributed by atoms with Crippen LogP contribution in [0.15, 0.2) is 38.0 Å². The van der Waals surface area contributed by atoms with Crippen molar-refractivity contribution < 1.29 is 30.7 Å². The van der Waals surface area contributed by atoms with E-state index in [1.54, 1.807) is 22.8 Å². The quantitative estimate of drug-likeness (QED) is 0.249. The molecule has 1 spiro atoms. The molecule has 1 amide bonds. The van der Waals surface area contributed by atoms with Crippen molar-refractivity contribution >= 4 is 109 Å². The number of hydrogen-bond donors (Lipinski definition) is 1. The SMILES string of the molecule is CS(=O)(=O)NC(=O)C[n+]1c(C=C2Sc3ccc(Cl)cc3[N+]23CCCC3S(=O)(=O)[O-])sc2cc(Br)sc21. The van der Waals surface area contributed by atoms with Crippen molar-refractivity contribution in [3.63, 3.8) is 0 Å². The smallest absolute Gasteiger partial charge is 0.299 e. The van der Waals surface area contributed by atoms with Crippen molar-refractivity contribution in [2.75, 3.05) is 12.8 Å². The Labute approximate surface area is 233 Å². The van der Waals surface area contributed by atoms with E-state index in [0.29, 0.717) is 33.7 Å². The molecule has 0 radical (unpaired) electrons. The molecule has 4 heterocycles. The van der Waals surface area contributed by atoms with Crippen molar-refractivity contribution in [1.29, 1.82) is 0 Å². The zero-order chi connectivity index (χ0) is 26.0. The number of fused-ring (bicyclic) bond motifs is 3. The van der Waals surface area contributed by atoms with Gasteiger partial charge in [-0.2, -0.15) is 4.57 Å². The zero-order valence-electron chi connectivity index (χ0n) is 18.4. The zero-order valence-corrected chi connectivity index (χ0v) is 24.9. The molecule has 0 saturated carbocycles. The minimum atomic E-state index is -4.66. The number of quaternary nitrogens is 1. The standard InChI is InChI=1S/C20H17BrClN3O6S5/c1-35(27,28)23-16(26)10-24-17(32-14-8-15(21)34-20(14)24)9-18-25(6-2-3-19(25)36(29,30)31)12-7-11(22)4-5-13(12)33-18/h4-5,7-9,19H,2-3,6,10H2,1H3/p+1. The molecule has 2 aromatic heterocycles. The van der Waals surface area contributed by atoms with Crippen molar-refractivity contribution in [3.05, 3.63) is 43.1 Å². The van der Waals surface area contributed by atoms with Gasteiger partial charge in [-0.05, 0) is 45.9 Å². The number of nitrogens with zero attached hydrogens (tertiary/aromatic N) is 2. The number of thioether (sulfide) groups is 1. The van der Waals surface area contributed by atoms with Gasteiger partial charge in [0.1, 0.15) is 4.70 Å². The van der Waals surface area contributed by atoms with E-state index in [1.165, 1.54) is 34.4 Å². The molecule has 2 aliphatic rings. The molecular formula is C20H18BrClN3O6S5+. The van der Waals surface area contributed by atoms with Crippen LogP contribution in [0.2, 0.25) is 5.02 Å². The Morgan fingerprint density at radius 3 is 2.75 bits per heavy atom. The maximum atomic E-state index is 12.5. The topological polar surface area (TPSA) is 124 Å². The van der Waals surface area contributed by atoms with Crippen LogP contribution in [0.3, 0.4) is 0 Å². The van der Waals surface area contributed by atoms with E-state index in [9.17, 15) is 26.2 Å². The number of sulfonamides is 1. The molecule has 16 heteroatoms. The van der Waals surface area contributed by atoms with Crippen molar-refractivity contribution in [1.82, 2.24) is 9.21 Å². The Morgan fingerprint density at radius 2 is 2.06 bits per heavy atom. The van der Waals surface area contributed by atoms with Gasteiger partial charge in [0.05, 0.1) is 27.6 Å². The first-order chi connectivity index (χ1) is 16.8. The number of carbonyl (C=O) groups is 1. The highest BCUT2D eigenvalue weighted by Crippen LogP contribution is 2.57. The van der Waals surface area contributed by atoms with Crippen LogP contribution in [0.5, 0.6) is 0 Å². The molecule has 5 rings (SSSR count). The predicted molar refractivity (Wildman–Crippen MR) is 145 cm³/mol. The number of amides is 1. The average Bonchev–Trinajstić information content (AvgIpc) is 3.47. The normalized spacial score (nSPS) is 23.1. The predicted octanol–water partition coefficient (Wildman–Crippen LogP) is 3.82. The van der Waals surface area contributed by atoms with Gasteiger partial charge in [0.2, 0.25) is 16.6 Å². The van der Waals surface area contributed by atoms with Crippen molar-refractivity contribution in [2.24, 2.45) is 0 Å². The van der Waals surface area contributed by atoms with Gasteiger partial charge in [-0.15, -0.1) is 0 Å². The summed E-state index contributed by atoms with van der Waals surface area (Å²) in [6.45, 7) is 0.157. The third kappa shape index (κ3) is 4.78. The first kappa shape index (κ1) is 26.6. The molecule has 2 atom stereocenters. The Hall–Kier alpha value is -1.04. The van der Waals surface area contributed by atoms with E-state index >= 15 is 0 Å². The fraction of sp³-hybridized carbons (Fsp3) is 0.300. The highest BCUT2D eigenvalue weighted by molar-refractivity contribution is 9.11. The highest BCUT2D eigenvalue weighted by Gasteiger charge is 2.56. The van der Waals surface area contributed by atoms with Crippen LogP contribution in [-0.2, 0) is 31.5 Å². The molecule has 2 aliphatic heterocycles. The minimum Gasteiger partial charge on any atom is -0.743 e. The summed E-state index contributed by atoms with van der Waals surface area (Å²) < 4.78 is 65.7. The monoisotopic (exact) mass is 670 g/mol. The number of hydrogen-bond acceptors (Lipinski definition) is 9. The van der Waals surface area contributed by atoms with Crippen LogP contribution < -0.4 is 13.8 Å². The van der Waals surface area contributed by atoms with Gasteiger partial charge in [0.25, 0.3) is 15.7 Å². The minimum absolute atomic E-state index is 0.142. The molecule has 2 unspecified atom stereocenters. The molecule has 3 aromatic rings. The second-order valence-electron chi connectivity index (χ2n) is 8.42. The number of carbonyl (C=O) groups excluding carboxylic acids is 1. The fourth-order valence-corrected chi connectivity index (χ4v) is 11.1. The number of halogens is 2. The summed E-state index contributed by atoms with van der Waals surface area (Å²) in [6, 6.07) is 7.15. The van der Waals surface area contributed by atoms with Gasteiger partial charge < -0.3 is 4.55 Å². The molecule has 1 aromatic carbocycles.